The lowest BCUT2D eigenvalue weighted by molar-refractivity contribution is 0.160. The van der Waals surface area contributed by atoms with E-state index in [-0.39, 0.29) is 41.6 Å². The van der Waals surface area contributed by atoms with E-state index in [4.69, 9.17) is 0 Å². The van der Waals surface area contributed by atoms with Crippen LogP contribution >= 0.6 is 24.8 Å². The first kappa shape index (κ1) is 25.8. The van der Waals surface area contributed by atoms with Gasteiger partial charge in [0.2, 0.25) is 5.95 Å². The van der Waals surface area contributed by atoms with E-state index in [1.54, 1.807) is 30.7 Å². The molecule has 11 heteroatoms. The van der Waals surface area contributed by atoms with Crippen LogP contribution in [-0.4, -0.2) is 59.4 Å². The third kappa shape index (κ3) is 5.46. The minimum absolute atomic E-state index is 0. The lowest BCUT2D eigenvalue weighted by Gasteiger charge is -2.48. The molecule has 9 nitrogen and oxygen atoms in total. The van der Waals surface area contributed by atoms with Crippen LogP contribution in [-0.2, 0) is 0 Å². The molecular formula is C21H30Cl2N8O. The fraction of sp³-hybridized carbons (Fsp3) is 0.476. The SMILES string of the molecule is CN(c1ncc(-c2ccc(-n3nccn3)cc2O)nn1)C1CC(C)(C)NC(C)(C)C1.Cl.Cl. The number of phenolic OH excluding ortho intramolecular Hbond substituents is 1. The Morgan fingerprint density at radius 3 is 2.19 bits per heavy atom. The maximum Gasteiger partial charge on any atom is 0.245 e. The van der Waals surface area contributed by atoms with Crippen molar-refractivity contribution in [3.63, 3.8) is 0 Å². The first-order chi connectivity index (χ1) is 14.1. The van der Waals surface area contributed by atoms with E-state index < -0.39 is 0 Å². The molecule has 0 aliphatic carbocycles. The highest BCUT2D eigenvalue weighted by atomic mass is 35.5. The van der Waals surface area contributed by atoms with Gasteiger partial charge >= 0.3 is 0 Å². The Bertz CT molecular complexity index is 1010. The van der Waals surface area contributed by atoms with Crippen LogP contribution in [0.1, 0.15) is 40.5 Å². The van der Waals surface area contributed by atoms with Gasteiger partial charge < -0.3 is 15.3 Å². The van der Waals surface area contributed by atoms with Crippen molar-refractivity contribution in [1.82, 2.24) is 35.5 Å². The van der Waals surface area contributed by atoms with Crippen LogP contribution in [0.3, 0.4) is 0 Å². The Morgan fingerprint density at radius 1 is 1.03 bits per heavy atom. The van der Waals surface area contributed by atoms with Crippen molar-refractivity contribution < 1.29 is 5.11 Å². The molecule has 1 saturated heterocycles. The normalized spacial score (nSPS) is 17.2. The van der Waals surface area contributed by atoms with Gasteiger partial charge in [-0.05, 0) is 52.7 Å². The number of nitrogens with zero attached hydrogens (tertiary/aromatic N) is 7. The number of anilines is 1. The van der Waals surface area contributed by atoms with Crippen molar-refractivity contribution in [2.75, 3.05) is 11.9 Å². The summed E-state index contributed by atoms with van der Waals surface area (Å²) in [5, 5.41) is 31.0. The monoisotopic (exact) mass is 480 g/mol. The molecule has 0 atom stereocenters. The van der Waals surface area contributed by atoms with E-state index in [1.165, 1.54) is 4.80 Å². The number of aromatic nitrogens is 6. The van der Waals surface area contributed by atoms with E-state index in [1.807, 2.05) is 13.1 Å². The van der Waals surface area contributed by atoms with Gasteiger partial charge in [0.05, 0.1) is 24.3 Å². The number of nitrogens with one attached hydrogen (secondary N) is 1. The molecular weight excluding hydrogens is 451 g/mol. The van der Waals surface area contributed by atoms with Crippen LogP contribution in [0.15, 0.2) is 36.8 Å². The molecule has 0 unspecified atom stereocenters. The number of benzene rings is 1. The van der Waals surface area contributed by atoms with Gasteiger partial charge in [0.15, 0.2) is 0 Å². The topological polar surface area (TPSA) is 105 Å². The number of phenols is 1. The molecule has 4 rings (SSSR count). The lowest BCUT2D eigenvalue weighted by atomic mass is 9.79. The fourth-order valence-electron chi connectivity index (χ4n) is 4.47. The summed E-state index contributed by atoms with van der Waals surface area (Å²) in [5.41, 5.74) is 1.80. The number of halogens is 2. The van der Waals surface area contributed by atoms with Crippen molar-refractivity contribution in [3.8, 4) is 22.7 Å². The van der Waals surface area contributed by atoms with Crippen LogP contribution in [0, 0.1) is 0 Å². The van der Waals surface area contributed by atoms with Crippen LogP contribution in [0.2, 0.25) is 0 Å². The van der Waals surface area contributed by atoms with Gasteiger partial charge in [-0.2, -0.15) is 15.0 Å². The lowest BCUT2D eigenvalue weighted by Crippen LogP contribution is -2.62. The second kappa shape index (κ2) is 9.56. The third-order valence-corrected chi connectivity index (χ3v) is 5.49. The Labute approximate surface area is 200 Å². The molecule has 3 heterocycles. The fourth-order valence-corrected chi connectivity index (χ4v) is 4.47. The minimum atomic E-state index is 0. The molecule has 1 aliphatic heterocycles. The van der Waals surface area contributed by atoms with Crippen molar-refractivity contribution in [2.24, 2.45) is 0 Å². The van der Waals surface area contributed by atoms with Crippen LogP contribution in [0.5, 0.6) is 5.75 Å². The molecule has 32 heavy (non-hydrogen) atoms. The Balaban J connectivity index is 0.00000181. The van der Waals surface area contributed by atoms with Gasteiger partial charge in [0, 0.05) is 35.8 Å². The van der Waals surface area contributed by atoms with Crippen molar-refractivity contribution in [1.29, 1.82) is 0 Å². The van der Waals surface area contributed by atoms with Gasteiger partial charge in [0.25, 0.3) is 0 Å². The Hall–Kier alpha value is -2.49. The second-order valence-electron chi connectivity index (χ2n) is 9.23. The molecule has 2 N–H and O–H groups in total. The maximum atomic E-state index is 10.5. The average molecular weight is 481 g/mol. The highest BCUT2D eigenvalue weighted by Crippen LogP contribution is 2.33. The standard InChI is InChI=1S/C21H28N8O.2ClH/c1-20(2)11-15(12-21(3,4)27-20)28(5)19-22-13-17(25-26-19)16-7-6-14(10-18(16)30)29-23-8-9-24-29;;/h6-10,13,15,27,30H,11-12H2,1-5H3;2*1H. The number of hydrogen-bond donors (Lipinski definition) is 2. The molecule has 0 radical (unpaired) electrons. The number of hydrogen-bond acceptors (Lipinski definition) is 8. The molecule has 3 aromatic rings. The largest absolute Gasteiger partial charge is 0.507 e. The van der Waals surface area contributed by atoms with Crippen LogP contribution in [0.4, 0.5) is 5.95 Å². The second-order valence-corrected chi connectivity index (χ2v) is 9.23. The van der Waals surface area contributed by atoms with Crippen LogP contribution < -0.4 is 10.2 Å². The molecule has 0 spiro atoms. The number of aromatic hydroxyl groups is 1. The Kier molecular flexibility index (Phi) is 7.70. The molecule has 1 fully saturated rings. The predicted octanol–water partition coefficient (Wildman–Crippen LogP) is 3.41. The first-order valence-corrected chi connectivity index (χ1v) is 10.1. The highest BCUT2D eigenvalue weighted by molar-refractivity contribution is 5.85. The summed E-state index contributed by atoms with van der Waals surface area (Å²) in [5.74, 6) is 0.651. The zero-order chi connectivity index (χ0) is 21.5. The van der Waals surface area contributed by atoms with Crippen molar-refractivity contribution in [3.05, 3.63) is 36.8 Å². The average Bonchev–Trinajstić information content (AvgIpc) is 3.20. The summed E-state index contributed by atoms with van der Waals surface area (Å²) in [6.07, 6.45) is 6.79. The van der Waals surface area contributed by atoms with Crippen molar-refractivity contribution >= 4 is 30.8 Å². The molecule has 0 saturated carbocycles. The predicted molar refractivity (Wildman–Crippen MR) is 129 cm³/mol. The zero-order valence-corrected chi connectivity index (χ0v) is 20.5. The zero-order valence-electron chi connectivity index (χ0n) is 18.8. The van der Waals surface area contributed by atoms with E-state index in [9.17, 15) is 5.11 Å². The molecule has 174 valence electrons. The summed E-state index contributed by atoms with van der Waals surface area (Å²) in [6, 6.07) is 5.48. The number of rotatable bonds is 4. The van der Waals surface area contributed by atoms with Gasteiger partial charge in [-0.1, -0.05) is 0 Å². The summed E-state index contributed by atoms with van der Waals surface area (Å²) in [6.45, 7) is 8.90. The summed E-state index contributed by atoms with van der Waals surface area (Å²) < 4.78 is 0. The van der Waals surface area contributed by atoms with E-state index in [2.05, 4.69) is 63.3 Å². The van der Waals surface area contributed by atoms with Gasteiger partial charge in [-0.3, -0.25) is 0 Å². The smallest absolute Gasteiger partial charge is 0.245 e. The first-order valence-electron chi connectivity index (χ1n) is 10.1. The molecule has 0 bridgehead atoms. The summed E-state index contributed by atoms with van der Waals surface area (Å²) in [4.78, 5) is 8.07. The molecule has 1 aliphatic rings. The maximum absolute atomic E-state index is 10.5. The van der Waals surface area contributed by atoms with Crippen molar-refractivity contribution in [2.45, 2.75) is 57.7 Å². The van der Waals surface area contributed by atoms with E-state index in [0.717, 1.165) is 12.8 Å². The quantitative estimate of drug-likeness (QED) is 0.584. The van der Waals surface area contributed by atoms with Gasteiger partial charge in [0.1, 0.15) is 11.4 Å². The van der Waals surface area contributed by atoms with Crippen LogP contribution in [0.25, 0.3) is 16.9 Å². The Morgan fingerprint density at radius 2 is 1.66 bits per heavy atom. The van der Waals surface area contributed by atoms with Gasteiger partial charge in [-0.15, -0.1) is 35.0 Å². The molecule has 2 aromatic heterocycles. The van der Waals surface area contributed by atoms with Gasteiger partial charge in [-0.25, -0.2) is 4.98 Å². The third-order valence-electron chi connectivity index (χ3n) is 5.49. The summed E-state index contributed by atoms with van der Waals surface area (Å²) in [7, 11) is 2.02. The number of piperidine rings is 1. The minimum Gasteiger partial charge on any atom is -0.507 e. The molecule has 1 aromatic carbocycles. The van der Waals surface area contributed by atoms with E-state index >= 15 is 0 Å². The molecule has 0 amide bonds. The summed E-state index contributed by atoms with van der Waals surface area (Å²) >= 11 is 0. The van der Waals surface area contributed by atoms with E-state index in [0.29, 0.717) is 28.9 Å². The highest BCUT2D eigenvalue weighted by Gasteiger charge is 2.39.